The number of halogens is 2. The quantitative estimate of drug-likeness (QED) is 0.296. The third-order valence-corrected chi connectivity index (χ3v) is 5.99. The van der Waals surface area contributed by atoms with Crippen LogP contribution in [0.3, 0.4) is 0 Å². The van der Waals surface area contributed by atoms with Crippen molar-refractivity contribution in [3.05, 3.63) is 0 Å². The van der Waals surface area contributed by atoms with Gasteiger partial charge in [0.1, 0.15) is 5.60 Å². The number of hydrogen-bond donors (Lipinski definition) is 3. The highest BCUT2D eigenvalue weighted by Crippen LogP contribution is 2.28. The maximum atomic E-state index is 12.3. The van der Waals surface area contributed by atoms with Crippen LogP contribution in [0.2, 0.25) is 0 Å². The number of nitrogens with one attached hydrogen (secondary N) is 2. The Hall–Kier alpha value is 0.520. The van der Waals surface area contributed by atoms with Gasteiger partial charge in [-0.15, -0.1) is 0 Å². The average Bonchev–Trinajstić information content (AvgIpc) is 2.53. The first-order chi connectivity index (χ1) is 11.4. The molecule has 6 nitrogen and oxygen atoms in total. The second kappa shape index (κ2) is 14.7. The van der Waals surface area contributed by atoms with E-state index in [9.17, 15) is 19.5 Å². The van der Waals surface area contributed by atoms with E-state index < -0.39 is 17.1 Å². The highest BCUT2D eigenvalue weighted by Gasteiger charge is 2.40. The van der Waals surface area contributed by atoms with Gasteiger partial charge < -0.3 is 5.11 Å². The van der Waals surface area contributed by atoms with E-state index in [1.165, 1.54) is 0 Å². The Balaban J connectivity index is 4.81. The van der Waals surface area contributed by atoms with Gasteiger partial charge in [0.15, 0.2) is 10.2 Å². The first kappa shape index (κ1) is 24.5. The van der Waals surface area contributed by atoms with Crippen LogP contribution in [0.15, 0.2) is 0 Å². The van der Waals surface area contributed by atoms with Crippen LogP contribution in [-0.4, -0.2) is 56.4 Å². The van der Waals surface area contributed by atoms with Gasteiger partial charge in [-0.25, -0.2) is 9.67 Å². The molecule has 3 N–H and O–H groups in total. The van der Waals surface area contributed by atoms with Gasteiger partial charge in [0.2, 0.25) is 5.12 Å². The molecule has 0 aliphatic rings. The molecule has 1 unspecified atom stereocenters. The van der Waals surface area contributed by atoms with E-state index in [-0.39, 0.29) is 16.7 Å². The highest BCUT2D eigenvalue weighted by molar-refractivity contribution is 8.14. The molecule has 0 rings (SSSR count). The minimum atomic E-state index is -1.99. The first-order valence-corrected chi connectivity index (χ1v) is 11.0. The van der Waals surface area contributed by atoms with Crippen LogP contribution in [0, 0.1) is 0 Å². The van der Waals surface area contributed by atoms with E-state index in [0.29, 0.717) is 30.3 Å². The molecule has 1 atom stereocenters. The molecule has 0 aromatic rings. The van der Waals surface area contributed by atoms with Crippen molar-refractivity contribution in [1.82, 2.24) is 9.67 Å². The van der Waals surface area contributed by atoms with E-state index >= 15 is 0 Å². The molecule has 0 saturated carbocycles. The second-order valence-corrected chi connectivity index (χ2v) is 8.64. The summed E-state index contributed by atoms with van der Waals surface area (Å²) in [5.41, 5.74) is -1.99. The summed E-state index contributed by atoms with van der Waals surface area (Å²) in [4.78, 5) is 41.0. The van der Waals surface area contributed by atoms with E-state index in [1.807, 2.05) is 6.92 Å². The average molecular weight is 437 g/mol. The first-order valence-electron chi connectivity index (χ1n) is 7.27. The minimum Gasteiger partial charge on any atom is -0.380 e. The Labute approximate surface area is 165 Å². The molecule has 11 heteroatoms. The van der Waals surface area contributed by atoms with Crippen molar-refractivity contribution in [2.45, 2.75) is 31.8 Å². The predicted molar refractivity (Wildman–Crippen MR) is 105 cm³/mol. The normalized spacial score (nSPS) is 13.5. The third-order valence-electron chi connectivity index (χ3n) is 2.61. The lowest BCUT2D eigenvalue weighted by Crippen LogP contribution is -2.41. The zero-order valence-electron chi connectivity index (χ0n) is 13.3. The standard InChI is InChI=1S/C13H22Cl2N2O4S3/c1-2-5-22-10(18)8-13(21,12(20)24-7-4-17-15)9-11(19)23-6-3-16-14/h16-17,21H,2-9H2,1H3. The van der Waals surface area contributed by atoms with Crippen LogP contribution < -0.4 is 9.67 Å². The van der Waals surface area contributed by atoms with Gasteiger partial charge in [0.05, 0.1) is 12.8 Å². The molecule has 0 aliphatic heterocycles. The zero-order valence-corrected chi connectivity index (χ0v) is 17.3. The van der Waals surface area contributed by atoms with Gasteiger partial charge in [0, 0.05) is 30.3 Å². The molecule has 0 aliphatic carbocycles. The highest BCUT2D eigenvalue weighted by atomic mass is 35.5. The Bertz CT molecular complexity index is 419. The fraction of sp³-hybridized carbons (Fsp3) is 0.769. The Morgan fingerprint density at radius 3 is 1.83 bits per heavy atom. The molecule has 0 aromatic carbocycles. The summed E-state index contributed by atoms with van der Waals surface area (Å²) < 4.78 is 0. The van der Waals surface area contributed by atoms with Gasteiger partial charge in [-0.2, -0.15) is 0 Å². The molecule has 0 amide bonds. The van der Waals surface area contributed by atoms with Crippen LogP contribution in [-0.2, 0) is 14.4 Å². The van der Waals surface area contributed by atoms with Gasteiger partial charge in [-0.1, -0.05) is 42.2 Å². The minimum absolute atomic E-state index is 0.302. The summed E-state index contributed by atoms with van der Waals surface area (Å²) in [6.45, 7) is 2.69. The largest absolute Gasteiger partial charge is 0.380 e. The van der Waals surface area contributed by atoms with Crippen molar-refractivity contribution in [2.75, 3.05) is 30.3 Å². The Morgan fingerprint density at radius 1 is 0.917 bits per heavy atom. The van der Waals surface area contributed by atoms with Gasteiger partial charge >= 0.3 is 0 Å². The van der Waals surface area contributed by atoms with Crippen LogP contribution in [0.4, 0.5) is 0 Å². The van der Waals surface area contributed by atoms with Crippen LogP contribution in [0.1, 0.15) is 26.2 Å². The molecule has 0 fully saturated rings. The summed E-state index contributed by atoms with van der Waals surface area (Å²) in [7, 11) is 0. The summed E-state index contributed by atoms with van der Waals surface area (Å²) in [6, 6.07) is 0. The molecule has 0 spiro atoms. The Morgan fingerprint density at radius 2 is 1.38 bits per heavy atom. The van der Waals surface area contributed by atoms with Crippen LogP contribution in [0.25, 0.3) is 0 Å². The van der Waals surface area contributed by atoms with Crippen molar-refractivity contribution in [3.8, 4) is 0 Å². The molecular formula is C13H22Cl2N2O4S3. The summed E-state index contributed by atoms with van der Waals surface area (Å²) in [6.07, 6.45) is 0.0233. The SMILES string of the molecule is CCCSC(=O)CC(O)(CC(=O)SCCNCl)C(=O)SCCNCl. The number of hydrogen-bond acceptors (Lipinski definition) is 9. The topological polar surface area (TPSA) is 95.5 Å². The van der Waals surface area contributed by atoms with Crippen molar-refractivity contribution < 1.29 is 19.5 Å². The summed E-state index contributed by atoms with van der Waals surface area (Å²) in [5, 5.41) is 9.39. The predicted octanol–water partition coefficient (Wildman–Crippen LogP) is 2.17. The van der Waals surface area contributed by atoms with Crippen LogP contribution >= 0.6 is 58.8 Å². The van der Waals surface area contributed by atoms with Crippen molar-refractivity contribution in [1.29, 1.82) is 0 Å². The molecule has 24 heavy (non-hydrogen) atoms. The lowest BCUT2D eigenvalue weighted by Gasteiger charge is -2.24. The van der Waals surface area contributed by atoms with Crippen LogP contribution in [0.5, 0.6) is 0 Å². The molecule has 0 bridgehead atoms. The third kappa shape index (κ3) is 11.2. The van der Waals surface area contributed by atoms with Gasteiger partial charge in [-0.3, -0.25) is 14.4 Å². The van der Waals surface area contributed by atoms with E-state index in [2.05, 4.69) is 9.67 Å². The van der Waals surface area contributed by atoms with E-state index in [4.69, 9.17) is 23.6 Å². The van der Waals surface area contributed by atoms with Crippen molar-refractivity contribution in [2.24, 2.45) is 0 Å². The fourth-order valence-corrected chi connectivity index (χ4v) is 4.28. The molecule has 0 saturated heterocycles. The number of aliphatic hydroxyl groups is 1. The molecular weight excluding hydrogens is 415 g/mol. The number of carbonyl (C=O) groups is 3. The molecule has 0 aromatic heterocycles. The smallest absolute Gasteiger partial charge is 0.221 e. The Kier molecular flexibility index (Phi) is 15.0. The van der Waals surface area contributed by atoms with Gasteiger partial charge in [0.25, 0.3) is 0 Å². The van der Waals surface area contributed by atoms with E-state index in [0.717, 1.165) is 41.7 Å². The molecule has 140 valence electrons. The molecule has 0 heterocycles. The maximum absolute atomic E-state index is 12.3. The number of thioether (sulfide) groups is 3. The number of carbonyl (C=O) groups excluding carboxylic acids is 3. The second-order valence-electron chi connectivity index (χ2n) is 4.73. The number of rotatable bonds is 13. The van der Waals surface area contributed by atoms with Crippen molar-refractivity contribution >= 4 is 74.2 Å². The van der Waals surface area contributed by atoms with Crippen molar-refractivity contribution in [3.63, 3.8) is 0 Å². The summed E-state index contributed by atoms with van der Waals surface area (Å²) in [5.74, 6) is 1.35. The monoisotopic (exact) mass is 436 g/mol. The maximum Gasteiger partial charge on any atom is 0.221 e. The lowest BCUT2D eigenvalue weighted by molar-refractivity contribution is -0.136. The fourth-order valence-electron chi connectivity index (χ4n) is 1.52. The van der Waals surface area contributed by atoms with Gasteiger partial charge in [-0.05, 0) is 30.0 Å². The summed E-state index contributed by atoms with van der Waals surface area (Å²) >= 11 is 13.5. The van der Waals surface area contributed by atoms with E-state index in [1.54, 1.807) is 0 Å². The molecule has 0 radical (unpaired) electrons. The lowest BCUT2D eigenvalue weighted by atomic mass is 9.99. The zero-order chi connectivity index (χ0) is 18.4.